The quantitative estimate of drug-likeness (QED) is 0.712. The molecule has 1 saturated carbocycles. The molecule has 1 aliphatic rings. The van der Waals surface area contributed by atoms with Gasteiger partial charge >= 0.3 is 0 Å². The van der Waals surface area contributed by atoms with Crippen LogP contribution in [-0.2, 0) is 11.3 Å². The summed E-state index contributed by atoms with van der Waals surface area (Å²) >= 11 is 0. The summed E-state index contributed by atoms with van der Waals surface area (Å²) in [6.07, 6.45) is 6.32. The first-order valence-electron chi connectivity index (χ1n) is 9.19. The van der Waals surface area contributed by atoms with Gasteiger partial charge in [0.2, 0.25) is 5.91 Å². The molecule has 0 spiro atoms. The molecule has 1 aromatic heterocycles. The van der Waals surface area contributed by atoms with Crippen LogP contribution in [0, 0.1) is 0 Å². The van der Waals surface area contributed by atoms with E-state index in [0.29, 0.717) is 17.2 Å². The lowest BCUT2D eigenvalue weighted by molar-refractivity contribution is -0.122. The molecular formula is C22H22N2O2. The van der Waals surface area contributed by atoms with Gasteiger partial charge in [-0.05, 0) is 18.9 Å². The third-order valence-corrected chi connectivity index (χ3v) is 5.10. The van der Waals surface area contributed by atoms with Crippen molar-refractivity contribution in [3.05, 3.63) is 71.9 Å². The second-order valence-corrected chi connectivity index (χ2v) is 6.93. The van der Waals surface area contributed by atoms with Crippen molar-refractivity contribution in [2.24, 2.45) is 0 Å². The summed E-state index contributed by atoms with van der Waals surface area (Å²) in [5.74, 6) is -0.00638. The summed E-state index contributed by atoms with van der Waals surface area (Å²) in [4.78, 5) is 25.4. The maximum Gasteiger partial charge on any atom is 0.240 e. The number of hydrogen-bond acceptors (Lipinski definition) is 2. The molecule has 1 aliphatic carbocycles. The molecule has 0 unspecified atom stereocenters. The highest BCUT2D eigenvalue weighted by Crippen LogP contribution is 2.24. The first-order chi connectivity index (χ1) is 12.7. The minimum atomic E-state index is -0.0169. The minimum absolute atomic E-state index is 0.0105. The number of hydrogen-bond donors (Lipinski definition) is 1. The smallest absolute Gasteiger partial charge is 0.240 e. The van der Waals surface area contributed by atoms with E-state index in [0.717, 1.165) is 23.7 Å². The fraction of sp³-hybridized carbons (Fsp3) is 0.273. The molecule has 26 heavy (non-hydrogen) atoms. The van der Waals surface area contributed by atoms with Crippen molar-refractivity contribution in [3.8, 4) is 0 Å². The average Bonchev–Trinajstić information content (AvgIpc) is 3.30. The van der Waals surface area contributed by atoms with Crippen molar-refractivity contribution in [2.75, 3.05) is 0 Å². The highest BCUT2D eigenvalue weighted by atomic mass is 16.2. The Morgan fingerprint density at radius 1 is 0.962 bits per heavy atom. The number of benzene rings is 2. The lowest BCUT2D eigenvalue weighted by Crippen LogP contribution is -2.35. The van der Waals surface area contributed by atoms with E-state index in [1.54, 1.807) is 0 Å². The highest BCUT2D eigenvalue weighted by Gasteiger charge is 2.20. The van der Waals surface area contributed by atoms with Gasteiger partial charge in [-0.2, -0.15) is 0 Å². The Morgan fingerprint density at radius 3 is 2.42 bits per heavy atom. The number of amides is 1. The predicted octanol–water partition coefficient (Wildman–Crippen LogP) is 3.93. The first kappa shape index (κ1) is 16.6. The van der Waals surface area contributed by atoms with Gasteiger partial charge in [0.05, 0.1) is 0 Å². The summed E-state index contributed by atoms with van der Waals surface area (Å²) < 4.78 is 1.88. The van der Waals surface area contributed by atoms with E-state index >= 15 is 0 Å². The van der Waals surface area contributed by atoms with Crippen LogP contribution in [0.1, 0.15) is 41.6 Å². The normalized spacial score (nSPS) is 14.6. The van der Waals surface area contributed by atoms with Crippen LogP contribution in [0.15, 0.2) is 60.8 Å². The Hall–Kier alpha value is -2.88. The fourth-order valence-electron chi connectivity index (χ4n) is 3.80. The molecule has 1 heterocycles. The summed E-state index contributed by atoms with van der Waals surface area (Å²) in [6, 6.07) is 17.3. The van der Waals surface area contributed by atoms with Gasteiger partial charge < -0.3 is 9.88 Å². The predicted molar refractivity (Wildman–Crippen MR) is 102 cm³/mol. The molecule has 4 rings (SSSR count). The summed E-state index contributed by atoms with van der Waals surface area (Å²) in [7, 11) is 0. The van der Waals surface area contributed by atoms with E-state index in [1.165, 1.54) is 12.8 Å². The Kier molecular flexibility index (Phi) is 4.57. The van der Waals surface area contributed by atoms with Crippen LogP contribution in [0.5, 0.6) is 0 Å². The summed E-state index contributed by atoms with van der Waals surface area (Å²) in [5.41, 5.74) is 2.21. The van der Waals surface area contributed by atoms with Gasteiger partial charge in [0.1, 0.15) is 6.54 Å². The third-order valence-electron chi connectivity index (χ3n) is 5.10. The number of nitrogens with zero attached hydrogens (tertiary/aromatic N) is 1. The molecule has 3 aromatic rings. The lowest BCUT2D eigenvalue weighted by atomic mass is 10.0. The molecule has 0 aliphatic heterocycles. The number of carbonyl (C=O) groups excluding carboxylic acids is 2. The minimum Gasteiger partial charge on any atom is -0.352 e. The number of ketones is 1. The van der Waals surface area contributed by atoms with Crippen LogP contribution in [0.2, 0.25) is 0 Å². The molecule has 2 aromatic carbocycles. The van der Waals surface area contributed by atoms with Crippen molar-refractivity contribution in [2.45, 2.75) is 38.3 Å². The fourth-order valence-corrected chi connectivity index (χ4v) is 3.80. The van der Waals surface area contributed by atoms with Gasteiger partial charge in [-0.1, -0.05) is 61.4 Å². The largest absolute Gasteiger partial charge is 0.352 e. The van der Waals surface area contributed by atoms with E-state index in [4.69, 9.17) is 0 Å². The van der Waals surface area contributed by atoms with E-state index in [1.807, 2.05) is 65.4 Å². The number of para-hydroxylation sites is 1. The van der Waals surface area contributed by atoms with Gasteiger partial charge in [-0.15, -0.1) is 0 Å². The Labute approximate surface area is 152 Å². The summed E-state index contributed by atoms with van der Waals surface area (Å²) in [6.45, 7) is 0.235. The Balaban J connectivity index is 1.63. The van der Waals surface area contributed by atoms with Crippen molar-refractivity contribution in [1.29, 1.82) is 0 Å². The van der Waals surface area contributed by atoms with Crippen molar-refractivity contribution < 1.29 is 9.59 Å². The number of carbonyl (C=O) groups is 2. The maximum absolute atomic E-state index is 12.9. The van der Waals surface area contributed by atoms with Crippen LogP contribution in [0.4, 0.5) is 0 Å². The zero-order valence-corrected chi connectivity index (χ0v) is 14.7. The summed E-state index contributed by atoms with van der Waals surface area (Å²) in [5, 5.41) is 4.00. The molecule has 1 N–H and O–H groups in total. The molecule has 0 saturated heterocycles. The molecule has 1 amide bonds. The number of nitrogens with one attached hydrogen (secondary N) is 1. The third kappa shape index (κ3) is 3.27. The van der Waals surface area contributed by atoms with Crippen molar-refractivity contribution in [3.63, 3.8) is 0 Å². The second-order valence-electron chi connectivity index (χ2n) is 6.93. The highest BCUT2D eigenvalue weighted by molar-refractivity contribution is 6.16. The Bertz CT molecular complexity index is 937. The topological polar surface area (TPSA) is 51.1 Å². The van der Waals surface area contributed by atoms with E-state index in [2.05, 4.69) is 5.32 Å². The molecule has 4 heteroatoms. The van der Waals surface area contributed by atoms with Crippen LogP contribution in [0.25, 0.3) is 10.9 Å². The zero-order valence-electron chi connectivity index (χ0n) is 14.7. The standard InChI is InChI=1S/C22H22N2O2/c25-21(23-17-10-4-5-11-17)15-24-14-19(18-12-6-7-13-20(18)24)22(26)16-8-2-1-3-9-16/h1-3,6-9,12-14,17H,4-5,10-11,15H2,(H,23,25). The van der Waals surface area contributed by atoms with Gasteiger partial charge in [0, 0.05) is 34.3 Å². The van der Waals surface area contributed by atoms with Gasteiger partial charge in [-0.3, -0.25) is 9.59 Å². The number of rotatable bonds is 5. The van der Waals surface area contributed by atoms with Crippen molar-refractivity contribution >= 4 is 22.6 Å². The van der Waals surface area contributed by atoms with Crippen LogP contribution >= 0.6 is 0 Å². The zero-order chi connectivity index (χ0) is 17.9. The maximum atomic E-state index is 12.9. The van der Waals surface area contributed by atoms with E-state index in [-0.39, 0.29) is 18.2 Å². The first-order valence-corrected chi connectivity index (χ1v) is 9.19. The molecule has 0 radical (unpaired) electrons. The monoisotopic (exact) mass is 346 g/mol. The van der Waals surface area contributed by atoms with E-state index in [9.17, 15) is 9.59 Å². The average molecular weight is 346 g/mol. The molecular weight excluding hydrogens is 324 g/mol. The molecule has 1 fully saturated rings. The van der Waals surface area contributed by atoms with Crippen LogP contribution in [-0.4, -0.2) is 22.3 Å². The van der Waals surface area contributed by atoms with Crippen LogP contribution in [0.3, 0.4) is 0 Å². The van der Waals surface area contributed by atoms with Crippen molar-refractivity contribution in [1.82, 2.24) is 9.88 Å². The van der Waals surface area contributed by atoms with Gasteiger partial charge in [0.15, 0.2) is 5.78 Å². The molecule has 4 nitrogen and oxygen atoms in total. The Morgan fingerprint density at radius 2 is 1.65 bits per heavy atom. The van der Waals surface area contributed by atoms with Gasteiger partial charge in [-0.25, -0.2) is 0 Å². The van der Waals surface area contributed by atoms with E-state index < -0.39 is 0 Å². The molecule has 0 bridgehead atoms. The molecule has 0 atom stereocenters. The number of aromatic nitrogens is 1. The second kappa shape index (κ2) is 7.16. The molecule has 132 valence electrons. The van der Waals surface area contributed by atoms with Crippen LogP contribution < -0.4 is 5.32 Å². The van der Waals surface area contributed by atoms with Gasteiger partial charge in [0.25, 0.3) is 0 Å². The SMILES string of the molecule is O=C(Cn1cc(C(=O)c2ccccc2)c2ccccc21)NC1CCCC1. The lowest BCUT2D eigenvalue weighted by Gasteiger charge is -2.12. The number of fused-ring (bicyclic) bond motifs is 1.